The second-order valence-corrected chi connectivity index (χ2v) is 7.74. The third kappa shape index (κ3) is 6.59. The molecule has 27 heavy (non-hydrogen) atoms. The first-order valence-corrected chi connectivity index (χ1v) is 10.2. The topological polar surface area (TPSA) is 90.4 Å². The molecule has 1 saturated heterocycles. The van der Waals surface area contributed by atoms with Crippen molar-refractivity contribution in [1.82, 2.24) is 20.3 Å². The largest absolute Gasteiger partial charge is 0.365 e. The van der Waals surface area contributed by atoms with Crippen LogP contribution in [0.5, 0.6) is 0 Å². The quantitative estimate of drug-likeness (QED) is 0.307. The Kier molecular flexibility index (Phi) is 7.59. The van der Waals surface area contributed by atoms with Crippen molar-refractivity contribution in [1.29, 1.82) is 0 Å². The molecule has 1 aromatic rings. The van der Waals surface area contributed by atoms with E-state index in [1.165, 1.54) is 70.2 Å². The molecule has 0 radical (unpaired) electrons. The van der Waals surface area contributed by atoms with E-state index in [9.17, 15) is 4.79 Å². The first-order valence-electron chi connectivity index (χ1n) is 10.2. The van der Waals surface area contributed by atoms with E-state index >= 15 is 0 Å². The van der Waals surface area contributed by atoms with Gasteiger partial charge in [-0.25, -0.2) is 10.5 Å². The monoisotopic (exact) mass is 373 g/mol. The van der Waals surface area contributed by atoms with Gasteiger partial charge in [0.25, 0.3) is 5.91 Å². The van der Waals surface area contributed by atoms with Gasteiger partial charge >= 0.3 is 0 Å². The van der Waals surface area contributed by atoms with E-state index in [0.717, 1.165) is 24.7 Å². The molecule has 2 aliphatic rings. The van der Waals surface area contributed by atoms with Gasteiger partial charge in [0, 0.05) is 25.2 Å². The van der Waals surface area contributed by atoms with Crippen molar-refractivity contribution in [2.75, 3.05) is 25.0 Å². The van der Waals surface area contributed by atoms with Crippen LogP contribution >= 0.6 is 0 Å². The molecule has 3 N–H and O–H groups in total. The molecule has 1 amide bonds. The van der Waals surface area contributed by atoms with Gasteiger partial charge in [-0.05, 0) is 44.2 Å². The molecule has 0 spiro atoms. The van der Waals surface area contributed by atoms with Crippen LogP contribution in [0.1, 0.15) is 57.1 Å². The second-order valence-electron chi connectivity index (χ2n) is 7.74. The summed E-state index contributed by atoms with van der Waals surface area (Å²) >= 11 is 0. The van der Waals surface area contributed by atoms with Crippen LogP contribution in [-0.2, 0) is 4.79 Å². The molecule has 7 heteroatoms. The molecule has 0 bridgehead atoms. The maximum absolute atomic E-state index is 11.0. The zero-order chi connectivity index (χ0) is 18.9. The van der Waals surface area contributed by atoms with E-state index in [1.807, 2.05) is 0 Å². The number of carbonyl (C=O) groups is 1. The molecule has 1 atom stereocenters. The minimum absolute atomic E-state index is 0.403. The number of piperidine rings is 1. The number of aromatic nitrogens is 2. The van der Waals surface area contributed by atoms with Crippen molar-refractivity contribution in [3.8, 4) is 0 Å². The smallest absolute Gasteiger partial charge is 0.267 e. The highest BCUT2D eigenvalue weighted by atomic mass is 16.5. The Morgan fingerprint density at radius 3 is 2.67 bits per heavy atom. The summed E-state index contributed by atoms with van der Waals surface area (Å²) in [6, 6.07) is 0.403. The van der Waals surface area contributed by atoms with Crippen molar-refractivity contribution in [2.24, 2.45) is 5.92 Å². The van der Waals surface area contributed by atoms with Crippen LogP contribution in [0.2, 0.25) is 0 Å². The Labute approximate surface area is 161 Å². The summed E-state index contributed by atoms with van der Waals surface area (Å²) in [6.45, 7) is 3.51. The highest BCUT2D eigenvalue weighted by Gasteiger charge is 2.23. The predicted molar refractivity (Wildman–Crippen MR) is 105 cm³/mol. The van der Waals surface area contributed by atoms with Gasteiger partial charge in [0.2, 0.25) is 0 Å². The Bertz CT molecular complexity index is 611. The van der Waals surface area contributed by atoms with Gasteiger partial charge in [0.1, 0.15) is 5.82 Å². The summed E-state index contributed by atoms with van der Waals surface area (Å²) in [4.78, 5) is 22.3. The first kappa shape index (κ1) is 19.8. The maximum atomic E-state index is 11.0. The van der Waals surface area contributed by atoms with E-state index in [-0.39, 0.29) is 0 Å². The zero-order valence-corrected chi connectivity index (χ0v) is 15.9. The highest BCUT2D eigenvalue weighted by molar-refractivity contribution is 5.90. The van der Waals surface area contributed by atoms with E-state index in [0.29, 0.717) is 11.7 Å². The molecule has 3 rings (SSSR count). The Hall–Kier alpha value is -1.99. The van der Waals surface area contributed by atoms with Gasteiger partial charge in [0.05, 0.1) is 18.1 Å². The fourth-order valence-corrected chi connectivity index (χ4v) is 4.16. The van der Waals surface area contributed by atoms with Crippen LogP contribution in [-0.4, -0.2) is 51.7 Å². The lowest BCUT2D eigenvalue weighted by Crippen LogP contribution is -2.44. The number of anilines is 1. The average Bonchev–Trinajstić information content (AvgIpc) is 2.96. The van der Waals surface area contributed by atoms with Crippen molar-refractivity contribution >= 4 is 17.8 Å². The molecule has 0 unspecified atom stereocenters. The summed E-state index contributed by atoms with van der Waals surface area (Å²) in [5.41, 5.74) is 2.12. The highest BCUT2D eigenvalue weighted by Crippen LogP contribution is 2.25. The van der Waals surface area contributed by atoms with Crippen LogP contribution in [0.3, 0.4) is 0 Å². The molecule has 1 saturated carbocycles. The van der Waals surface area contributed by atoms with Crippen LogP contribution in [0, 0.1) is 5.92 Å². The molecular weight excluding hydrogens is 342 g/mol. The third-order valence-corrected chi connectivity index (χ3v) is 5.54. The van der Waals surface area contributed by atoms with Crippen molar-refractivity contribution in [3.05, 3.63) is 24.2 Å². The van der Waals surface area contributed by atoms with Crippen molar-refractivity contribution in [3.63, 3.8) is 0 Å². The number of hydrogen-bond acceptors (Lipinski definition) is 6. The van der Waals surface area contributed by atoms with Crippen LogP contribution < -0.4 is 10.8 Å². The molecule has 148 valence electrons. The predicted octanol–water partition coefficient (Wildman–Crippen LogP) is 2.84. The molecule has 1 aromatic heterocycles. The first-order chi connectivity index (χ1) is 13.2. The van der Waals surface area contributed by atoms with Crippen molar-refractivity contribution in [2.45, 2.75) is 57.4 Å². The summed E-state index contributed by atoms with van der Waals surface area (Å²) < 4.78 is 0. The number of hydroxylamine groups is 1. The van der Waals surface area contributed by atoms with Gasteiger partial charge in [-0.1, -0.05) is 25.7 Å². The zero-order valence-electron chi connectivity index (χ0n) is 15.9. The minimum Gasteiger partial charge on any atom is -0.365 e. The number of hydrogen-bond donors (Lipinski definition) is 3. The van der Waals surface area contributed by atoms with Crippen molar-refractivity contribution < 1.29 is 10.0 Å². The third-order valence-electron chi connectivity index (χ3n) is 5.54. The second kappa shape index (κ2) is 10.4. The lowest BCUT2D eigenvalue weighted by atomic mass is 9.97. The van der Waals surface area contributed by atoms with E-state index in [1.54, 1.807) is 17.9 Å². The summed E-state index contributed by atoms with van der Waals surface area (Å²) in [7, 11) is 0. The van der Waals surface area contributed by atoms with E-state index in [2.05, 4.69) is 20.2 Å². The van der Waals surface area contributed by atoms with Gasteiger partial charge in [-0.3, -0.25) is 15.0 Å². The number of nitrogens with zero attached hydrogens (tertiary/aromatic N) is 3. The lowest BCUT2D eigenvalue weighted by molar-refractivity contribution is -0.124. The van der Waals surface area contributed by atoms with Crippen LogP contribution in [0.15, 0.2) is 18.5 Å². The maximum Gasteiger partial charge on any atom is 0.267 e. The number of amides is 1. The van der Waals surface area contributed by atoms with Gasteiger partial charge < -0.3 is 10.2 Å². The minimum atomic E-state index is -0.588. The molecule has 2 heterocycles. The van der Waals surface area contributed by atoms with Gasteiger partial charge in [-0.15, -0.1) is 0 Å². The number of likely N-dealkylation sites (tertiary alicyclic amines) is 1. The number of rotatable bonds is 6. The molecular formula is C20H31N5O2. The summed E-state index contributed by atoms with van der Waals surface area (Å²) in [6.07, 6.45) is 16.8. The standard InChI is InChI=1S/C20H31N5O2/c26-20(24-27)10-9-17-12-22-19(13-21-17)23-18-8-5-11-25(15-18)14-16-6-3-1-2-4-7-16/h9-10,12-13,16,18,27H,1-8,11,14-15H2,(H,22,23)(H,24,26)/t18-/m1/s1. The SMILES string of the molecule is O=C(C=Cc1cnc(N[C@@H]2CCCN(CC3CCCCCC3)C2)cn1)NO. The van der Waals surface area contributed by atoms with Gasteiger partial charge in [0.15, 0.2) is 0 Å². The number of carbonyl (C=O) groups excluding carboxylic acids is 1. The average molecular weight is 374 g/mol. The molecule has 1 aliphatic carbocycles. The normalized spacial score (nSPS) is 22.5. The molecule has 0 aromatic carbocycles. The summed E-state index contributed by atoms with van der Waals surface area (Å²) in [5.74, 6) is 1.04. The van der Waals surface area contributed by atoms with Crippen LogP contribution in [0.25, 0.3) is 6.08 Å². The number of nitrogens with one attached hydrogen (secondary N) is 2. The fourth-order valence-electron chi connectivity index (χ4n) is 4.16. The Balaban J connectivity index is 1.48. The van der Waals surface area contributed by atoms with Gasteiger partial charge in [-0.2, -0.15) is 0 Å². The lowest BCUT2D eigenvalue weighted by Gasteiger charge is -2.35. The molecule has 1 aliphatic heterocycles. The molecule has 2 fully saturated rings. The van der Waals surface area contributed by atoms with E-state index < -0.39 is 5.91 Å². The molecule has 7 nitrogen and oxygen atoms in total. The Morgan fingerprint density at radius 2 is 1.96 bits per heavy atom. The van der Waals surface area contributed by atoms with E-state index in [4.69, 9.17) is 5.21 Å². The fraction of sp³-hybridized carbons (Fsp3) is 0.650. The van der Waals surface area contributed by atoms with Crippen LogP contribution in [0.4, 0.5) is 5.82 Å². The summed E-state index contributed by atoms with van der Waals surface area (Å²) in [5, 5.41) is 12.0. The Morgan fingerprint density at radius 1 is 1.15 bits per heavy atom.